The molecule has 0 aliphatic carbocycles. The minimum Gasteiger partial charge on any atom is -0.355 e. The van der Waals surface area contributed by atoms with Gasteiger partial charge >= 0.3 is 0 Å². The average Bonchev–Trinajstić information content (AvgIpc) is 2.91. The van der Waals surface area contributed by atoms with Gasteiger partial charge in [0.05, 0.1) is 17.8 Å². The summed E-state index contributed by atoms with van der Waals surface area (Å²) < 4.78 is 14.3. The summed E-state index contributed by atoms with van der Waals surface area (Å²) in [5, 5.41) is 9.94. The predicted octanol–water partition coefficient (Wildman–Crippen LogP) is 7.06. The summed E-state index contributed by atoms with van der Waals surface area (Å²) in [5.74, 6) is -0.758. The van der Waals surface area contributed by atoms with Crippen LogP contribution in [-0.4, -0.2) is 15.9 Å². The van der Waals surface area contributed by atoms with Crippen LogP contribution in [0.15, 0.2) is 97.5 Å². The number of benzene rings is 3. The molecule has 0 saturated carbocycles. The largest absolute Gasteiger partial charge is 0.355 e. The van der Waals surface area contributed by atoms with Crippen molar-refractivity contribution in [1.82, 2.24) is 9.97 Å². The molecule has 2 aromatic heterocycles. The number of hydrogen-bond acceptors (Lipinski definition) is 5. The molecule has 0 spiro atoms. The van der Waals surface area contributed by atoms with Gasteiger partial charge in [-0.25, -0.2) is 9.24 Å². The Hall–Kier alpha value is -5.29. The highest BCUT2D eigenvalue weighted by atomic mass is 19.1. The molecule has 36 heavy (non-hydrogen) atoms. The Morgan fingerprint density at radius 3 is 2.28 bits per heavy atom. The first kappa shape index (κ1) is 22.5. The fourth-order valence-corrected chi connectivity index (χ4v) is 3.67. The maximum Gasteiger partial charge on any atom is 0.255 e. The van der Waals surface area contributed by atoms with E-state index in [1.54, 1.807) is 67.1 Å². The van der Waals surface area contributed by atoms with Gasteiger partial charge < -0.3 is 16.0 Å². The van der Waals surface area contributed by atoms with Crippen LogP contribution in [0.1, 0.15) is 10.4 Å². The van der Waals surface area contributed by atoms with Crippen molar-refractivity contribution in [3.63, 3.8) is 0 Å². The lowest BCUT2D eigenvalue weighted by Gasteiger charge is -2.12. The number of nitrogens with zero attached hydrogens (tertiary/aromatic N) is 3. The zero-order chi connectivity index (χ0) is 24.9. The Morgan fingerprint density at radius 1 is 0.778 bits per heavy atom. The highest BCUT2D eigenvalue weighted by Crippen LogP contribution is 2.29. The number of hydrogen-bond donors (Lipinski definition) is 3. The third kappa shape index (κ3) is 4.95. The van der Waals surface area contributed by atoms with Gasteiger partial charge in [-0.3, -0.25) is 14.8 Å². The van der Waals surface area contributed by atoms with Crippen LogP contribution in [0, 0.1) is 12.4 Å². The third-order valence-corrected chi connectivity index (χ3v) is 5.46. The van der Waals surface area contributed by atoms with Gasteiger partial charge in [-0.15, -0.1) is 0 Å². The first-order chi connectivity index (χ1) is 17.6. The van der Waals surface area contributed by atoms with Crippen molar-refractivity contribution in [1.29, 1.82) is 0 Å². The van der Waals surface area contributed by atoms with Gasteiger partial charge in [-0.1, -0.05) is 6.07 Å². The van der Waals surface area contributed by atoms with Crippen molar-refractivity contribution in [2.45, 2.75) is 0 Å². The second-order valence-corrected chi connectivity index (χ2v) is 7.88. The first-order valence-electron chi connectivity index (χ1n) is 11.0. The summed E-state index contributed by atoms with van der Waals surface area (Å²) in [5.41, 5.74) is 4.72. The molecule has 1 amide bonds. The van der Waals surface area contributed by atoms with Crippen molar-refractivity contribution >= 4 is 50.9 Å². The molecule has 5 rings (SSSR count). The van der Waals surface area contributed by atoms with E-state index < -0.39 is 5.82 Å². The number of nitrogens with one attached hydrogen (secondary N) is 3. The molecule has 0 unspecified atom stereocenters. The molecule has 3 aromatic carbocycles. The summed E-state index contributed by atoms with van der Waals surface area (Å²) in [4.78, 5) is 24.6. The second-order valence-electron chi connectivity index (χ2n) is 7.88. The molecule has 0 atom stereocenters. The zero-order valence-electron chi connectivity index (χ0n) is 18.9. The monoisotopic (exact) mass is 474 g/mol. The van der Waals surface area contributed by atoms with E-state index in [-0.39, 0.29) is 11.6 Å². The predicted molar refractivity (Wildman–Crippen MR) is 140 cm³/mol. The second kappa shape index (κ2) is 9.91. The number of carbonyl (C=O) groups is 1. The topological polar surface area (TPSA) is 83.3 Å². The lowest BCUT2D eigenvalue weighted by molar-refractivity contribution is 0.102. The van der Waals surface area contributed by atoms with Gasteiger partial charge in [0, 0.05) is 52.3 Å². The van der Waals surface area contributed by atoms with Crippen LogP contribution in [0.5, 0.6) is 0 Å². The normalized spacial score (nSPS) is 10.4. The van der Waals surface area contributed by atoms with E-state index in [4.69, 9.17) is 6.57 Å². The van der Waals surface area contributed by atoms with Crippen LogP contribution in [0.4, 0.5) is 38.5 Å². The van der Waals surface area contributed by atoms with Gasteiger partial charge in [0.15, 0.2) is 5.69 Å². The molecule has 5 aromatic rings. The summed E-state index contributed by atoms with van der Waals surface area (Å²) in [7, 11) is 0. The standard InChI is InChI=1S/C28H19FN6O/c1-30-21-7-9-25-23(16-21)26(12-15-32-25)33-19-4-2-18(3-5-19)28(36)35-22-6-8-24(29)27(17-22)34-20-10-13-31-14-11-20/h2-17H,(H,31,34)(H,32,33)(H,35,36). The SMILES string of the molecule is [C-]#[N+]c1ccc2nccc(Nc3ccc(C(=O)Nc4ccc(F)c(Nc5ccncc5)c4)cc3)c2c1. The summed E-state index contributed by atoms with van der Waals surface area (Å²) in [6, 6.07) is 21.9. The van der Waals surface area contributed by atoms with Crippen LogP contribution in [0.3, 0.4) is 0 Å². The molecular formula is C28H19FN6O. The Balaban J connectivity index is 1.30. The minimum absolute atomic E-state index is 0.240. The maximum atomic E-state index is 14.3. The number of pyridine rings is 2. The maximum absolute atomic E-state index is 14.3. The minimum atomic E-state index is -0.438. The molecule has 0 aliphatic heterocycles. The van der Waals surface area contributed by atoms with Crippen molar-refractivity contribution in [3.8, 4) is 0 Å². The molecule has 2 heterocycles. The van der Waals surface area contributed by atoms with Crippen molar-refractivity contribution in [3.05, 3.63) is 120 Å². The highest BCUT2D eigenvalue weighted by Gasteiger charge is 2.10. The zero-order valence-corrected chi connectivity index (χ0v) is 18.9. The lowest BCUT2D eigenvalue weighted by atomic mass is 10.1. The molecule has 0 saturated heterocycles. The van der Waals surface area contributed by atoms with E-state index in [0.717, 1.165) is 22.3 Å². The Kier molecular flexibility index (Phi) is 6.19. The van der Waals surface area contributed by atoms with Gasteiger partial charge in [-0.2, -0.15) is 0 Å². The van der Waals surface area contributed by atoms with Crippen molar-refractivity contribution in [2.75, 3.05) is 16.0 Å². The average molecular weight is 474 g/mol. The Bertz CT molecular complexity index is 1600. The smallest absolute Gasteiger partial charge is 0.255 e. The summed E-state index contributed by atoms with van der Waals surface area (Å²) >= 11 is 0. The molecule has 3 N–H and O–H groups in total. The number of amides is 1. The first-order valence-corrected chi connectivity index (χ1v) is 11.0. The molecule has 0 fully saturated rings. The quantitative estimate of drug-likeness (QED) is 0.230. The molecule has 0 aliphatic rings. The Labute approximate surface area is 206 Å². The third-order valence-electron chi connectivity index (χ3n) is 5.46. The van der Waals surface area contributed by atoms with Crippen molar-refractivity contribution < 1.29 is 9.18 Å². The van der Waals surface area contributed by atoms with Crippen molar-refractivity contribution in [2.24, 2.45) is 0 Å². The van der Waals surface area contributed by atoms with Gasteiger partial charge in [0.2, 0.25) is 0 Å². The van der Waals surface area contributed by atoms with Crippen LogP contribution >= 0.6 is 0 Å². The number of fused-ring (bicyclic) bond motifs is 1. The van der Waals surface area contributed by atoms with Crippen LogP contribution in [-0.2, 0) is 0 Å². The van der Waals surface area contributed by atoms with Gasteiger partial charge in [0.25, 0.3) is 5.91 Å². The lowest BCUT2D eigenvalue weighted by Crippen LogP contribution is -2.12. The van der Waals surface area contributed by atoms with E-state index in [1.807, 2.05) is 12.1 Å². The Morgan fingerprint density at radius 2 is 1.50 bits per heavy atom. The molecule has 0 bridgehead atoms. The fraction of sp³-hybridized carbons (Fsp3) is 0. The molecule has 7 nitrogen and oxygen atoms in total. The highest BCUT2D eigenvalue weighted by molar-refractivity contribution is 6.05. The number of anilines is 5. The van der Waals surface area contributed by atoms with Crippen LogP contribution < -0.4 is 16.0 Å². The van der Waals surface area contributed by atoms with E-state index >= 15 is 0 Å². The van der Waals surface area contributed by atoms with Gasteiger partial charge in [-0.05, 0) is 72.8 Å². The number of rotatable bonds is 6. The van der Waals surface area contributed by atoms with Crippen LogP contribution in [0.25, 0.3) is 15.7 Å². The van der Waals surface area contributed by atoms with Crippen LogP contribution in [0.2, 0.25) is 0 Å². The van der Waals surface area contributed by atoms with Gasteiger partial charge in [0.1, 0.15) is 5.82 Å². The molecule has 174 valence electrons. The molecular weight excluding hydrogens is 455 g/mol. The van der Waals surface area contributed by atoms with E-state index in [9.17, 15) is 9.18 Å². The van der Waals surface area contributed by atoms with E-state index in [1.165, 1.54) is 18.2 Å². The fourth-order valence-electron chi connectivity index (χ4n) is 3.67. The number of carbonyl (C=O) groups excluding carboxylic acids is 1. The number of aromatic nitrogens is 2. The van der Waals surface area contributed by atoms with E-state index in [2.05, 4.69) is 30.8 Å². The molecule has 8 heteroatoms. The number of halogens is 1. The molecule has 0 radical (unpaired) electrons. The summed E-state index contributed by atoms with van der Waals surface area (Å²) in [6.07, 6.45) is 4.91. The van der Waals surface area contributed by atoms with E-state index in [0.29, 0.717) is 22.6 Å². The summed E-state index contributed by atoms with van der Waals surface area (Å²) in [6.45, 7) is 7.25.